The van der Waals surface area contributed by atoms with Gasteiger partial charge in [-0.05, 0) is 30.7 Å². The van der Waals surface area contributed by atoms with Crippen LogP contribution in [0.15, 0.2) is 65.5 Å². The van der Waals surface area contributed by atoms with E-state index in [0.717, 1.165) is 11.3 Å². The zero-order valence-electron chi connectivity index (χ0n) is 14.4. The largest absolute Gasteiger partial charge is 0.326 e. The van der Waals surface area contributed by atoms with Crippen LogP contribution in [0.25, 0.3) is 11.3 Å². The molecule has 2 aromatic carbocycles. The number of aryl methyl sites for hydroxylation is 1. The predicted octanol–water partition coefficient (Wildman–Crippen LogP) is 4.64. The molecule has 0 saturated carbocycles. The van der Waals surface area contributed by atoms with Gasteiger partial charge in [-0.25, -0.2) is 4.68 Å². The van der Waals surface area contributed by atoms with Gasteiger partial charge in [0, 0.05) is 30.3 Å². The lowest BCUT2D eigenvalue weighted by molar-refractivity contribution is -0.116. The van der Waals surface area contributed by atoms with Crippen LogP contribution >= 0.6 is 23.2 Å². The van der Waals surface area contributed by atoms with Crippen molar-refractivity contribution in [2.45, 2.75) is 19.4 Å². The molecule has 0 aliphatic rings. The van der Waals surface area contributed by atoms with Gasteiger partial charge in [0.25, 0.3) is 5.56 Å². The fourth-order valence-electron chi connectivity index (χ4n) is 2.56. The molecule has 0 bridgehead atoms. The zero-order valence-corrected chi connectivity index (χ0v) is 15.9. The van der Waals surface area contributed by atoms with E-state index in [2.05, 4.69) is 10.4 Å². The number of rotatable bonds is 6. The van der Waals surface area contributed by atoms with E-state index < -0.39 is 0 Å². The first kappa shape index (κ1) is 19.1. The molecular formula is C20H17Cl2N3O2. The summed E-state index contributed by atoms with van der Waals surface area (Å²) in [6.07, 6.45) is 0.738. The summed E-state index contributed by atoms with van der Waals surface area (Å²) >= 11 is 11.8. The Morgan fingerprint density at radius 2 is 1.78 bits per heavy atom. The number of carbonyl (C=O) groups is 1. The highest BCUT2D eigenvalue weighted by Gasteiger charge is 2.07. The maximum Gasteiger partial charge on any atom is 0.266 e. The molecule has 7 heteroatoms. The maximum absolute atomic E-state index is 12.1. The van der Waals surface area contributed by atoms with Gasteiger partial charge in [-0.3, -0.25) is 9.59 Å². The van der Waals surface area contributed by atoms with Crippen LogP contribution in [0.2, 0.25) is 10.0 Å². The van der Waals surface area contributed by atoms with Crippen molar-refractivity contribution < 1.29 is 4.79 Å². The van der Waals surface area contributed by atoms with Gasteiger partial charge in [0.2, 0.25) is 5.91 Å². The molecule has 0 unspecified atom stereocenters. The summed E-state index contributed by atoms with van der Waals surface area (Å²) < 4.78 is 1.38. The van der Waals surface area contributed by atoms with Gasteiger partial charge in [-0.1, -0.05) is 53.5 Å². The first-order valence-corrected chi connectivity index (χ1v) is 9.17. The first-order valence-electron chi connectivity index (χ1n) is 8.41. The lowest BCUT2D eigenvalue weighted by atomic mass is 10.1. The summed E-state index contributed by atoms with van der Waals surface area (Å²) in [6.45, 7) is 0.355. The molecule has 27 heavy (non-hydrogen) atoms. The molecule has 0 spiro atoms. The highest BCUT2D eigenvalue weighted by molar-refractivity contribution is 6.42. The Kier molecular flexibility index (Phi) is 6.27. The van der Waals surface area contributed by atoms with Gasteiger partial charge in [0.05, 0.1) is 15.7 Å². The molecule has 0 saturated heterocycles. The summed E-state index contributed by atoms with van der Waals surface area (Å²) in [4.78, 5) is 24.1. The Labute approximate surface area is 166 Å². The second-order valence-corrected chi connectivity index (χ2v) is 6.74. The molecular weight excluding hydrogens is 385 g/mol. The van der Waals surface area contributed by atoms with Crippen molar-refractivity contribution in [2.24, 2.45) is 0 Å². The monoisotopic (exact) mass is 401 g/mol. The third kappa shape index (κ3) is 5.18. The lowest BCUT2D eigenvalue weighted by Gasteiger charge is -2.08. The quantitative estimate of drug-likeness (QED) is 0.654. The summed E-state index contributed by atoms with van der Waals surface area (Å²) in [5.41, 5.74) is 2.04. The SMILES string of the molecule is O=C(CCCn1nc(-c2ccccc2)ccc1=O)Nc1ccc(Cl)c(Cl)c1. The fourth-order valence-corrected chi connectivity index (χ4v) is 2.86. The van der Waals surface area contributed by atoms with E-state index in [9.17, 15) is 9.59 Å². The molecule has 3 rings (SSSR count). The topological polar surface area (TPSA) is 64.0 Å². The molecule has 0 aliphatic heterocycles. The molecule has 0 radical (unpaired) electrons. The molecule has 1 heterocycles. The minimum absolute atomic E-state index is 0.166. The van der Waals surface area contributed by atoms with Gasteiger partial charge in [-0.15, -0.1) is 0 Å². The average Bonchev–Trinajstić information content (AvgIpc) is 2.67. The van der Waals surface area contributed by atoms with Gasteiger partial charge in [0.1, 0.15) is 0 Å². The van der Waals surface area contributed by atoms with Crippen LogP contribution < -0.4 is 10.9 Å². The Balaban J connectivity index is 1.59. The Morgan fingerprint density at radius 1 is 1.00 bits per heavy atom. The predicted molar refractivity (Wildman–Crippen MR) is 108 cm³/mol. The Hall–Kier alpha value is -2.63. The zero-order chi connectivity index (χ0) is 19.2. The number of hydrogen-bond donors (Lipinski definition) is 1. The van der Waals surface area contributed by atoms with E-state index in [1.807, 2.05) is 30.3 Å². The third-order valence-corrected chi connectivity index (χ3v) is 4.65. The van der Waals surface area contributed by atoms with E-state index in [1.54, 1.807) is 24.3 Å². The van der Waals surface area contributed by atoms with E-state index in [4.69, 9.17) is 23.2 Å². The van der Waals surface area contributed by atoms with Crippen molar-refractivity contribution in [3.63, 3.8) is 0 Å². The minimum Gasteiger partial charge on any atom is -0.326 e. The van der Waals surface area contributed by atoms with Gasteiger partial charge < -0.3 is 5.32 Å². The van der Waals surface area contributed by atoms with E-state index in [1.165, 1.54) is 10.7 Å². The number of nitrogens with zero attached hydrogens (tertiary/aromatic N) is 2. The highest BCUT2D eigenvalue weighted by atomic mass is 35.5. The first-order chi connectivity index (χ1) is 13.0. The second-order valence-electron chi connectivity index (χ2n) is 5.93. The lowest BCUT2D eigenvalue weighted by Crippen LogP contribution is -2.23. The van der Waals surface area contributed by atoms with Crippen LogP contribution in [0.5, 0.6) is 0 Å². The summed E-state index contributed by atoms with van der Waals surface area (Å²) in [7, 11) is 0. The molecule has 138 valence electrons. The Morgan fingerprint density at radius 3 is 2.52 bits per heavy atom. The van der Waals surface area contributed by atoms with Crippen molar-refractivity contribution in [3.05, 3.63) is 81.1 Å². The molecule has 5 nitrogen and oxygen atoms in total. The molecule has 1 aromatic heterocycles. The number of aromatic nitrogens is 2. The van der Waals surface area contributed by atoms with Gasteiger partial charge >= 0.3 is 0 Å². The van der Waals surface area contributed by atoms with Crippen molar-refractivity contribution in [3.8, 4) is 11.3 Å². The Bertz CT molecular complexity index is 1000. The maximum atomic E-state index is 12.1. The molecule has 1 N–H and O–H groups in total. The van der Waals surface area contributed by atoms with Crippen molar-refractivity contribution in [1.82, 2.24) is 9.78 Å². The summed E-state index contributed by atoms with van der Waals surface area (Å²) in [5, 5.41) is 7.95. The molecule has 0 aliphatic carbocycles. The number of nitrogens with one attached hydrogen (secondary N) is 1. The summed E-state index contributed by atoms with van der Waals surface area (Å²) in [6, 6.07) is 17.7. The third-order valence-electron chi connectivity index (χ3n) is 3.91. The van der Waals surface area contributed by atoms with Crippen LogP contribution in [-0.4, -0.2) is 15.7 Å². The van der Waals surface area contributed by atoms with Crippen LogP contribution in [0.1, 0.15) is 12.8 Å². The molecule has 0 atom stereocenters. The van der Waals surface area contributed by atoms with Crippen molar-refractivity contribution in [1.29, 1.82) is 0 Å². The normalized spacial score (nSPS) is 10.6. The summed E-state index contributed by atoms with van der Waals surface area (Å²) in [5.74, 6) is -0.166. The molecule has 3 aromatic rings. The van der Waals surface area contributed by atoms with Crippen LogP contribution in [0, 0.1) is 0 Å². The van der Waals surface area contributed by atoms with E-state index in [0.29, 0.717) is 28.7 Å². The molecule has 0 fully saturated rings. The average molecular weight is 402 g/mol. The van der Waals surface area contributed by atoms with Crippen molar-refractivity contribution >= 4 is 34.8 Å². The standard InChI is InChI=1S/C20H17Cl2N3O2/c21-16-9-8-15(13-17(16)22)23-19(26)7-4-12-25-20(27)11-10-18(24-25)14-5-2-1-3-6-14/h1-3,5-6,8-11,13H,4,7,12H2,(H,23,26). The van der Waals surface area contributed by atoms with Crippen LogP contribution in [0.3, 0.4) is 0 Å². The smallest absolute Gasteiger partial charge is 0.266 e. The van der Waals surface area contributed by atoms with E-state index >= 15 is 0 Å². The van der Waals surface area contributed by atoms with E-state index in [-0.39, 0.29) is 17.9 Å². The number of anilines is 1. The second kappa shape index (κ2) is 8.84. The number of halogens is 2. The number of amides is 1. The van der Waals surface area contributed by atoms with Crippen LogP contribution in [-0.2, 0) is 11.3 Å². The molecule has 1 amide bonds. The van der Waals surface area contributed by atoms with Gasteiger partial charge in [0.15, 0.2) is 0 Å². The van der Waals surface area contributed by atoms with Crippen LogP contribution in [0.4, 0.5) is 5.69 Å². The number of benzene rings is 2. The van der Waals surface area contributed by atoms with Gasteiger partial charge in [-0.2, -0.15) is 5.10 Å². The van der Waals surface area contributed by atoms with Crippen molar-refractivity contribution in [2.75, 3.05) is 5.32 Å². The number of carbonyl (C=O) groups excluding carboxylic acids is 1. The number of hydrogen-bond acceptors (Lipinski definition) is 3. The fraction of sp³-hybridized carbons (Fsp3) is 0.150. The highest BCUT2D eigenvalue weighted by Crippen LogP contribution is 2.25. The minimum atomic E-state index is -0.195.